The van der Waals surface area contributed by atoms with E-state index in [1.54, 1.807) is 0 Å². The first-order valence-electron chi connectivity index (χ1n) is 9.27. The van der Waals surface area contributed by atoms with Crippen LogP contribution in [0.3, 0.4) is 0 Å². The molecule has 0 N–H and O–H groups in total. The van der Waals surface area contributed by atoms with Crippen LogP contribution in [0.4, 0.5) is 0 Å². The third-order valence-corrected chi connectivity index (χ3v) is 6.04. The van der Waals surface area contributed by atoms with Crippen LogP contribution in [0.15, 0.2) is 0 Å². The van der Waals surface area contributed by atoms with Gasteiger partial charge in [-0.1, -0.05) is 0 Å². The molecule has 0 heterocycles. The molecule has 0 radical (unpaired) electrons. The topological polar surface area (TPSA) is 0 Å². The summed E-state index contributed by atoms with van der Waals surface area (Å²) in [4.78, 5) is 0. The number of rotatable bonds is 13. The van der Waals surface area contributed by atoms with Gasteiger partial charge >= 0.3 is 0 Å². The molecular weight excluding hydrogens is 244 g/mol. The fourth-order valence-corrected chi connectivity index (χ4v) is 3.54. The maximum absolute atomic E-state index is 2.35. The van der Waals surface area contributed by atoms with Crippen molar-refractivity contribution < 1.29 is 8.97 Å². The van der Waals surface area contributed by atoms with Gasteiger partial charge in [-0.15, -0.1) is 0 Å². The summed E-state index contributed by atoms with van der Waals surface area (Å²) in [5.41, 5.74) is 0. The van der Waals surface area contributed by atoms with E-state index < -0.39 is 0 Å². The van der Waals surface area contributed by atoms with Crippen molar-refractivity contribution in [2.75, 3.05) is 52.4 Å². The van der Waals surface area contributed by atoms with Crippen molar-refractivity contribution in [2.24, 2.45) is 0 Å². The zero-order valence-corrected chi connectivity index (χ0v) is 15.4. The molecule has 0 spiro atoms. The summed E-state index contributed by atoms with van der Waals surface area (Å²) in [5, 5.41) is 0. The highest BCUT2D eigenvalue weighted by Crippen LogP contribution is 2.13. The van der Waals surface area contributed by atoms with Crippen LogP contribution in [0.25, 0.3) is 0 Å². The van der Waals surface area contributed by atoms with E-state index in [-0.39, 0.29) is 0 Å². The molecule has 0 amide bonds. The summed E-state index contributed by atoms with van der Waals surface area (Å²) in [7, 11) is 0. The van der Waals surface area contributed by atoms with Gasteiger partial charge in [0.2, 0.25) is 0 Å². The Hall–Kier alpha value is -0.0800. The Morgan fingerprint density at radius 1 is 0.400 bits per heavy atom. The van der Waals surface area contributed by atoms with Crippen molar-refractivity contribution in [3.8, 4) is 0 Å². The first kappa shape index (κ1) is 19.9. The molecule has 2 nitrogen and oxygen atoms in total. The minimum Gasteiger partial charge on any atom is -0.324 e. The average molecular weight is 287 g/mol. The maximum Gasteiger partial charge on any atom is 0.0786 e. The van der Waals surface area contributed by atoms with Gasteiger partial charge in [-0.05, 0) is 67.2 Å². The van der Waals surface area contributed by atoms with E-state index in [0.29, 0.717) is 0 Å². The Bertz CT molecular complexity index is 177. The smallest absolute Gasteiger partial charge is 0.0786 e. The van der Waals surface area contributed by atoms with E-state index in [0.717, 1.165) is 0 Å². The zero-order valence-electron chi connectivity index (χ0n) is 15.4. The molecule has 122 valence electrons. The van der Waals surface area contributed by atoms with E-state index in [2.05, 4.69) is 41.5 Å². The molecule has 0 aromatic heterocycles. The van der Waals surface area contributed by atoms with Crippen molar-refractivity contribution in [3.05, 3.63) is 0 Å². The Balaban J connectivity index is 3.87. The molecule has 0 fully saturated rings. The van der Waals surface area contributed by atoms with E-state index in [9.17, 15) is 0 Å². The summed E-state index contributed by atoms with van der Waals surface area (Å²) < 4.78 is 2.64. The quantitative estimate of drug-likeness (QED) is 0.350. The van der Waals surface area contributed by atoms with Crippen molar-refractivity contribution in [2.45, 2.75) is 67.2 Å². The van der Waals surface area contributed by atoms with Crippen LogP contribution in [-0.2, 0) is 0 Å². The van der Waals surface area contributed by atoms with Crippen molar-refractivity contribution >= 4 is 0 Å². The number of quaternary nitrogens is 2. The summed E-state index contributed by atoms with van der Waals surface area (Å²) in [6.45, 7) is 24.7. The number of hydrogen-bond acceptors (Lipinski definition) is 0. The van der Waals surface area contributed by atoms with Crippen molar-refractivity contribution in [1.82, 2.24) is 0 Å². The van der Waals surface area contributed by atoms with Gasteiger partial charge in [0.25, 0.3) is 0 Å². The third-order valence-electron chi connectivity index (χ3n) is 6.04. The maximum atomic E-state index is 2.35. The average Bonchev–Trinajstić information content (AvgIpc) is 2.52. The normalized spacial score (nSPS) is 12.9. The molecule has 0 aliphatic heterocycles. The van der Waals surface area contributed by atoms with Gasteiger partial charge < -0.3 is 8.97 Å². The molecule has 0 aliphatic rings. The molecule has 20 heavy (non-hydrogen) atoms. The van der Waals surface area contributed by atoms with Crippen LogP contribution in [-0.4, -0.2) is 61.3 Å². The fourth-order valence-electron chi connectivity index (χ4n) is 3.54. The molecule has 0 rings (SSSR count). The van der Waals surface area contributed by atoms with E-state index in [4.69, 9.17) is 0 Å². The highest BCUT2D eigenvalue weighted by Gasteiger charge is 2.21. The molecule has 0 unspecified atom stereocenters. The second-order valence-electron chi connectivity index (χ2n) is 6.44. The zero-order chi connectivity index (χ0) is 15.5. The van der Waals surface area contributed by atoms with Gasteiger partial charge in [-0.2, -0.15) is 0 Å². The lowest BCUT2D eigenvalue weighted by atomic mass is 10.1. The van der Waals surface area contributed by atoms with E-state index in [1.165, 1.54) is 87.0 Å². The predicted octanol–water partition coefficient (Wildman–Crippen LogP) is 4.30. The lowest BCUT2D eigenvalue weighted by molar-refractivity contribution is -0.924. The fraction of sp³-hybridized carbons (Fsp3) is 1.00. The molecule has 0 atom stereocenters. The molecule has 0 bridgehead atoms. The molecule has 0 aromatic carbocycles. The second-order valence-corrected chi connectivity index (χ2v) is 6.44. The molecule has 0 aromatic rings. The van der Waals surface area contributed by atoms with Crippen LogP contribution in [0, 0.1) is 0 Å². The Labute approximate surface area is 129 Å². The van der Waals surface area contributed by atoms with Crippen molar-refractivity contribution in [1.29, 1.82) is 0 Å². The summed E-state index contributed by atoms with van der Waals surface area (Å²) in [5.74, 6) is 0. The largest absolute Gasteiger partial charge is 0.324 e. The first-order valence-corrected chi connectivity index (χ1v) is 9.27. The van der Waals surface area contributed by atoms with Gasteiger partial charge in [0.05, 0.1) is 52.4 Å². The Morgan fingerprint density at radius 3 is 0.850 bits per heavy atom. The predicted molar refractivity (Wildman–Crippen MR) is 92.0 cm³/mol. The first-order chi connectivity index (χ1) is 9.57. The van der Waals surface area contributed by atoms with E-state index in [1.807, 2.05) is 0 Å². The van der Waals surface area contributed by atoms with Gasteiger partial charge in [0, 0.05) is 0 Å². The Morgan fingerprint density at radius 2 is 0.650 bits per heavy atom. The van der Waals surface area contributed by atoms with Gasteiger partial charge in [-0.3, -0.25) is 0 Å². The number of hydrogen-bond donors (Lipinski definition) is 0. The summed E-state index contributed by atoms with van der Waals surface area (Å²) >= 11 is 0. The molecule has 0 saturated carbocycles. The highest BCUT2D eigenvalue weighted by molar-refractivity contribution is 4.47. The monoisotopic (exact) mass is 286 g/mol. The minimum absolute atomic E-state index is 1.30. The van der Waals surface area contributed by atoms with Crippen molar-refractivity contribution in [3.63, 3.8) is 0 Å². The SMILES string of the molecule is CC[N+](CC)(CC)CCCCCC[N+](CC)(CC)CC. The summed E-state index contributed by atoms with van der Waals surface area (Å²) in [6, 6.07) is 0. The third kappa shape index (κ3) is 6.13. The van der Waals surface area contributed by atoms with Crippen LogP contribution in [0.2, 0.25) is 0 Å². The van der Waals surface area contributed by atoms with Crippen LogP contribution in [0.5, 0.6) is 0 Å². The number of nitrogens with zero attached hydrogens (tertiary/aromatic N) is 2. The standard InChI is InChI=1S/C18H42N2/c1-7-19(8-2,9-3)17-15-13-14-16-18-20(10-4,11-5)12-6/h7-18H2,1-6H3/q+2. The molecule has 0 saturated heterocycles. The minimum atomic E-state index is 1.30. The molecule has 0 aliphatic carbocycles. The summed E-state index contributed by atoms with van der Waals surface area (Å²) in [6.07, 6.45) is 5.69. The van der Waals surface area contributed by atoms with Crippen LogP contribution >= 0.6 is 0 Å². The lowest BCUT2D eigenvalue weighted by Crippen LogP contribution is -2.48. The van der Waals surface area contributed by atoms with Crippen LogP contribution in [0.1, 0.15) is 67.2 Å². The van der Waals surface area contributed by atoms with Gasteiger partial charge in [0.15, 0.2) is 0 Å². The lowest BCUT2D eigenvalue weighted by Gasteiger charge is -2.36. The molecule has 2 heteroatoms. The van der Waals surface area contributed by atoms with Gasteiger partial charge in [0.1, 0.15) is 0 Å². The molecular formula is C18H42N2+2. The van der Waals surface area contributed by atoms with E-state index >= 15 is 0 Å². The van der Waals surface area contributed by atoms with Crippen LogP contribution < -0.4 is 0 Å². The Kier molecular flexibility index (Phi) is 10.6. The second kappa shape index (κ2) is 10.6. The highest BCUT2D eigenvalue weighted by atomic mass is 15.3. The number of unbranched alkanes of at least 4 members (excludes halogenated alkanes) is 3. The van der Waals surface area contributed by atoms with Gasteiger partial charge in [-0.25, -0.2) is 0 Å².